The van der Waals surface area contributed by atoms with Gasteiger partial charge in [-0.05, 0) is 51.5 Å². The normalized spacial score (nSPS) is 27.9. The van der Waals surface area contributed by atoms with E-state index >= 15 is 0 Å². The van der Waals surface area contributed by atoms with Crippen LogP contribution in [0.15, 0.2) is 0 Å². The topological polar surface area (TPSA) is 21.3 Å². The maximum absolute atomic E-state index is 5.30. The third-order valence-electron chi connectivity index (χ3n) is 3.12. The summed E-state index contributed by atoms with van der Waals surface area (Å²) in [5.41, 5.74) is 0. The molecule has 0 aliphatic heterocycles. The SMILES string of the molecule is CCOCCCNC1CCC(C)CC1. The molecule has 84 valence electrons. The lowest BCUT2D eigenvalue weighted by Gasteiger charge is -2.27. The van der Waals surface area contributed by atoms with Gasteiger partial charge in [0.05, 0.1) is 0 Å². The molecule has 1 rings (SSSR count). The highest BCUT2D eigenvalue weighted by Gasteiger charge is 2.16. The lowest BCUT2D eigenvalue weighted by Crippen LogP contribution is -2.33. The summed E-state index contributed by atoms with van der Waals surface area (Å²) in [6.45, 7) is 7.30. The van der Waals surface area contributed by atoms with Crippen molar-refractivity contribution < 1.29 is 4.74 Å². The minimum Gasteiger partial charge on any atom is -0.382 e. The number of ether oxygens (including phenoxy) is 1. The minimum absolute atomic E-state index is 0.785. The van der Waals surface area contributed by atoms with Gasteiger partial charge in [-0.3, -0.25) is 0 Å². The quantitative estimate of drug-likeness (QED) is 0.664. The van der Waals surface area contributed by atoms with Gasteiger partial charge >= 0.3 is 0 Å². The second-order valence-electron chi connectivity index (χ2n) is 4.46. The summed E-state index contributed by atoms with van der Waals surface area (Å²) in [4.78, 5) is 0. The summed E-state index contributed by atoms with van der Waals surface area (Å²) in [5.74, 6) is 0.955. The summed E-state index contributed by atoms with van der Waals surface area (Å²) in [7, 11) is 0. The first kappa shape index (κ1) is 12.0. The standard InChI is InChI=1S/C12H25NO/c1-3-14-10-4-9-13-12-7-5-11(2)6-8-12/h11-13H,3-10H2,1-2H3. The molecule has 1 aliphatic rings. The van der Waals surface area contributed by atoms with Crippen molar-refractivity contribution in [1.29, 1.82) is 0 Å². The zero-order valence-corrected chi connectivity index (χ0v) is 9.72. The van der Waals surface area contributed by atoms with Gasteiger partial charge in [-0.15, -0.1) is 0 Å². The lowest BCUT2D eigenvalue weighted by molar-refractivity contribution is 0.143. The monoisotopic (exact) mass is 199 g/mol. The summed E-state index contributed by atoms with van der Waals surface area (Å²) < 4.78 is 5.30. The predicted octanol–water partition coefficient (Wildman–Crippen LogP) is 2.58. The van der Waals surface area contributed by atoms with Crippen LogP contribution in [0.4, 0.5) is 0 Å². The molecule has 2 heteroatoms. The average Bonchev–Trinajstić information content (AvgIpc) is 2.21. The van der Waals surface area contributed by atoms with Crippen LogP contribution in [0, 0.1) is 5.92 Å². The maximum atomic E-state index is 5.30. The molecule has 1 fully saturated rings. The number of hydrogen-bond donors (Lipinski definition) is 1. The van der Waals surface area contributed by atoms with Crippen LogP contribution in [0.2, 0.25) is 0 Å². The first-order valence-electron chi connectivity index (χ1n) is 6.14. The van der Waals surface area contributed by atoms with Gasteiger partial charge in [0.2, 0.25) is 0 Å². The Morgan fingerprint density at radius 1 is 1.21 bits per heavy atom. The van der Waals surface area contributed by atoms with Crippen LogP contribution >= 0.6 is 0 Å². The van der Waals surface area contributed by atoms with E-state index in [1.165, 1.54) is 25.7 Å². The van der Waals surface area contributed by atoms with E-state index in [0.29, 0.717) is 0 Å². The maximum Gasteiger partial charge on any atom is 0.0477 e. The van der Waals surface area contributed by atoms with Crippen molar-refractivity contribution in [3.8, 4) is 0 Å². The van der Waals surface area contributed by atoms with Crippen LogP contribution in [0.25, 0.3) is 0 Å². The van der Waals surface area contributed by atoms with Crippen molar-refractivity contribution in [3.63, 3.8) is 0 Å². The highest BCUT2D eigenvalue weighted by Crippen LogP contribution is 2.23. The second-order valence-corrected chi connectivity index (χ2v) is 4.46. The Labute approximate surface area is 88.4 Å². The summed E-state index contributed by atoms with van der Waals surface area (Å²) in [5, 5.41) is 3.62. The van der Waals surface area contributed by atoms with Gasteiger partial charge in [0, 0.05) is 19.3 Å². The van der Waals surface area contributed by atoms with Crippen LogP contribution in [-0.2, 0) is 4.74 Å². The molecule has 1 aliphatic carbocycles. The molecule has 2 nitrogen and oxygen atoms in total. The molecule has 0 saturated heterocycles. The van der Waals surface area contributed by atoms with Crippen molar-refractivity contribution in [1.82, 2.24) is 5.32 Å². The summed E-state index contributed by atoms with van der Waals surface area (Å²) >= 11 is 0. The molecule has 14 heavy (non-hydrogen) atoms. The third kappa shape index (κ3) is 4.97. The van der Waals surface area contributed by atoms with Crippen LogP contribution in [-0.4, -0.2) is 25.8 Å². The van der Waals surface area contributed by atoms with E-state index in [1.807, 2.05) is 0 Å². The molecule has 0 aromatic rings. The Hall–Kier alpha value is -0.0800. The fraction of sp³-hybridized carbons (Fsp3) is 1.00. The third-order valence-corrected chi connectivity index (χ3v) is 3.12. The van der Waals surface area contributed by atoms with E-state index in [4.69, 9.17) is 4.74 Å². The number of hydrogen-bond acceptors (Lipinski definition) is 2. The van der Waals surface area contributed by atoms with E-state index in [0.717, 1.165) is 38.1 Å². The van der Waals surface area contributed by atoms with Crippen LogP contribution in [0.1, 0.15) is 46.0 Å². The van der Waals surface area contributed by atoms with E-state index < -0.39 is 0 Å². The highest BCUT2D eigenvalue weighted by atomic mass is 16.5. The molecule has 0 unspecified atom stereocenters. The average molecular weight is 199 g/mol. The van der Waals surface area contributed by atoms with Gasteiger partial charge < -0.3 is 10.1 Å². The molecule has 0 aromatic carbocycles. The van der Waals surface area contributed by atoms with Crippen molar-refractivity contribution in [2.75, 3.05) is 19.8 Å². The molecule has 1 N–H and O–H groups in total. The van der Waals surface area contributed by atoms with E-state index in [1.54, 1.807) is 0 Å². The number of nitrogens with one attached hydrogen (secondary N) is 1. The van der Waals surface area contributed by atoms with Gasteiger partial charge in [0.25, 0.3) is 0 Å². The smallest absolute Gasteiger partial charge is 0.0477 e. The van der Waals surface area contributed by atoms with Crippen LogP contribution < -0.4 is 5.32 Å². The van der Waals surface area contributed by atoms with Crippen LogP contribution in [0.5, 0.6) is 0 Å². The Morgan fingerprint density at radius 2 is 1.93 bits per heavy atom. The fourth-order valence-electron chi connectivity index (χ4n) is 2.09. The van der Waals surface area contributed by atoms with Gasteiger partial charge in [0.15, 0.2) is 0 Å². The minimum atomic E-state index is 0.785. The number of rotatable bonds is 6. The molecule has 0 spiro atoms. The van der Waals surface area contributed by atoms with Crippen molar-refractivity contribution in [2.24, 2.45) is 5.92 Å². The molecule has 1 saturated carbocycles. The Balaban J connectivity index is 1.91. The van der Waals surface area contributed by atoms with Gasteiger partial charge in [0.1, 0.15) is 0 Å². The van der Waals surface area contributed by atoms with E-state index in [9.17, 15) is 0 Å². The second kappa shape index (κ2) is 7.24. The van der Waals surface area contributed by atoms with Crippen molar-refractivity contribution >= 4 is 0 Å². The van der Waals surface area contributed by atoms with Crippen LogP contribution in [0.3, 0.4) is 0 Å². The molecule has 0 aromatic heterocycles. The first-order valence-corrected chi connectivity index (χ1v) is 6.14. The first-order chi connectivity index (χ1) is 6.83. The predicted molar refractivity (Wildman–Crippen MR) is 60.5 cm³/mol. The molecule has 0 amide bonds. The molecular formula is C12H25NO. The van der Waals surface area contributed by atoms with Crippen molar-refractivity contribution in [3.05, 3.63) is 0 Å². The largest absolute Gasteiger partial charge is 0.382 e. The lowest BCUT2D eigenvalue weighted by atomic mass is 9.87. The molecule has 0 bridgehead atoms. The Morgan fingerprint density at radius 3 is 2.57 bits per heavy atom. The zero-order chi connectivity index (χ0) is 10.2. The summed E-state index contributed by atoms with van der Waals surface area (Å²) in [6.07, 6.45) is 6.71. The Kier molecular flexibility index (Phi) is 6.20. The molecular weight excluding hydrogens is 174 g/mol. The van der Waals surface area contributed by atoms with E-state index in [-0.39, 0.29) is 0 Å². The zero-order valence-electron chi connectivity index (χ0n) is 9.72. The highest BCUT2D eigenvalue weighted by molar-refractivity contribution is 4.74. The fourth-order valence-corrected chi connectivity index (χ4v) is 2.09. The molecule has 0 radical (unpaired) electrons. The van der Waals surface area contributed by atoms with E-state index in [2.05, 4.69) is 19.2 Å². The molecule has 0 heterocycles. The van der Waals surface area contributed by atoms with Crippen molar-refractivity contribution in [2.45, 2.75) is 52.0 Å². The summed E-state index contributed by atoms with van der Waals surface area (Å²) in [6, 6.07) is 0.785. The van der Waals surface area contributed by atoms with Gasteiger partial charge in [-0.25, -0.2) is 0 Å². The Bertz CT molecular complexity index is 130. The molecule has 0 atom stereocenters. The van der Waals surface area contributed by atoms with Gasteiger partial charge in [-0.1, -0.05) is 6.92 Å². The van der Waals surface area contributed by atoms with Gasteiger partial charge in [-0.2, -0.15) is 0 Å².